The third-order valence-corrected chi connectivity index (χ3v) is 3.55. The maximum absolute atomic E-state index is 10.3. The van der Waals surface area contributed by atoms with Gasteiger partial charge in [0.15, 0.2) is 0 Å². The van der Waals surface area contributed by atoms with Crippen molar-refractivity contribution in [3.63, 3.8) is 0 Å². The number of halogens is 2. The van der Waals surface area contributed by atoms with Crippen LogP contribution in [0.15, 0.2) is 18.6 Å². The minimum atomic E-state index is 0. The first-order valence-electron chi connectivity index (χ1n) is 6.73. The van der Waals surface area contributed by atoms with Crippen molar-refractivity contribution in [2.45, 2.75) is 13.5 Å². The lowest BCUT2D eigenvalue weighted by Crippen LogP contribution is -2.35. The van der Waals surface area contributed by atoms with Gasteiger partial charge in [-0.3, -0.25) is 9.88 Å². The zero-order valence-electron chi connectivity index (χ0n) is 12.3. The largest absolute Gasteiger partial charge is 0.505 e. The van der Waals surface area contributed by atoms with Gasteiger partial charge >= 0.3 is 0 Å². The molecule has 0 aliphatic carbocycles. The number of aromatic amines is 1. The molecule has 0 unspecified atom stereocenters. The molecule has 22 heavy (non-hydrogen) atoms. The lowest BCUT2D eigenvalue weighted by Gasteiger charge is -2.27. The van der Waals surface area contributed by atoms with Crippen molar-refractivity contribution in [3.8, 4) is 17.1 Å². The highest BCUT2D eigenvalue weighted by atomic mass is 35.5. The maximum Gasteiger partial charge on any atom is 0.148 e. The number of aryl methyl sites for hydroxylation is 1. The van der Waals surface area contributed by atoms with Crippen molar-refractivity contribution in [2.75, 3.05) is 26.3 Å². The third kappa shape index (κ3) is 3.89. The number of imidazole rings is 1. The fourth-order valence-corrected chi connectivity index (χ4v) is 2.42. The van der Waals surface area contributed by atoms with Crippen molar-refractivity contribution < 1.29 is 9.84 Å². The van der Waals surface area contributed by atoms with Gasteiger partial charge in [0.05, 0.1) is 24.5 Å². The summed E-state index contributed by atoms with van der Waals surface area (Å²) in [5.41, 5.74) is 2.33. The number of nitrogens with one attached hydrogen (secondary N) is 1. The van der Waals surface area contributed by atoms with Gasteiger partial charge in [-0.2, -0.15) is 0 Å². The van der Waals surface area contributed by atoms with Crippen molar-refractivity contribution in [1.29, 1.82) is 0 Å². The van der Waals surface area contributed by atoms with Gasteiger partial charge in [0, 0.05) is 38.2 Å². The average Bonchev–Trinajstić information content (AvgIpc) is 2.98. The van der Waals surface area contributed by atoms with Gasteiger partial charge in [0.25, 0.3) is 0 Å². The number of H-pyrrole nitrogens is 1. The number of rotatable bonds is 3. The van der Waals surface area contributed by atoms with Crippen LogP contribution in [0.3, 0.4) is 0 Å². The van der Waals surface area contributed by atoms with Gasteiger partial charge in [-0.25, -0.2) is 4.98 Å². The smallest absolute Gasteiger partial charge is 0.148 e. The second-order valence-electron chi connectivity index (χ2n) is 4.92. The number of morpholine rings is 1. The SMILES string of the molecule is Cc1ncc(CN2CCOCC2)c(-c2ncc[nH]2)c1O.Cl.Cl. The zero-order chi connectivity index (χ0) is 13.9. The molecule has 6 nitrogen and oxygen atoms in total. The molecular formula is C14H20Cl2N4O2. The Labute approximate surface area is 141 Å². The minimum absolute atomic E-state index is 0. The van der Waals surface area contributed by atoms with E-state index in [4.69, 9.17) is 4.74 Å². The number of hydrogen-bond donors (Lipinski definition) is 2. The fraction of sp³-hybridized carbons (Fsp3) is 0.429. The molecule has 1 fully saturated rings. The van der Waals surface area contributed by atoms with Crippen molar-refractivity contribution in [1.82, 2.24) is 19.9 Å². The lowest BCUT2D eigenvalue weighted by atomic mass is 10.1. The van der Waals surface area contributed by atoms with Crippen molar-refractivity contribution in [2.24, 2.45) is 0 Å². The summed E-state index contributed by atoms with van der Waals surface area (Å²) in [6.07, 6.45) is 5.26. The normalized spacial score (nSPS) is 15.0. The molecular weight excluding hydrogens is 327 g/mol. The molecule has 0 aromatic carbocycles. The Bertz CT molecular complexity index is 587. The molecule has 1 aliphatic rings. The molecule has 8 heteroatoms. The highest BCUT2D eigenvalue weighted by Gasteiger charge is 2.19. The molecule has 2 aromatic rings. The molecule has 122 valence electrons. The van der Waals surface area contributed by atoms with Crippen molar-refractivity contribution in [3.05, 3.63) is 29.8 Å². The topological polar surface area (TPSA) is 74.3 Å². The Morgan fingerprint density at radius 2 is 2.00 bits per heavy atom. The zero-order valence-corrected chi connectivity index (χ0v) is 13.9. The molecule has 2 N–H and O–H groups in total. The molecule has 0 saturated carbocycles. The van der Waals surface area contributed by atoms with E-state index in [9.17, 15) is 5.11 Å². The fourth-order valence-electron chi connectivity index (χ4n) is 2.42. The maximum atomic E-state index is 10.3. The first-order chi connectivity index (χ1) is 9.75. The summed E-state index contributed by atoms with van der Waals surface area (Å²) in [4.78, 5) is 13.9. The Balaban J connectivity index is 0.00000121. The van der Waals surface area contributed by atoms with Gasteiger partial charge in [-0.15, -0.1) is 24.8 Å². The van der Waals surface area contributed by atoms with Crippen LogP contribution < -0.4 is 0 Å². The molecule has 0 atom stereocenters. The van der Waals surface area contributed by atoms with Crippen LogP contribution in [0.1, 0.15) is 11.3 Å². The highest BCUT2D eigenvalue weighted by Crippen LogP contribution is 2.32. The molecule has 0 amide bonds. The number of hydrogen-bond acceptors (Lipinski definition) is 5. The number of nitrogens with zero attached hydrogens (tertiary/aromatic N) is 3. The van der Waals surface area contributed by atoms with E-state index in [0.717, 1.165) is 44.0 Å². The molecule has 0 bridgehead atoms. The third-order valence-electron chi connectivity index (χ3n) is 3.55. The van der Waals surface area contributed by atoms with E-state index in [1.54, 1.807) is 19.3 Å². The van der Waals surface area contributed by atoms with Gasteiger partial charge in [0.1, 0.15) is 11.6 Å². The van der Waals surface area contributed by atoms with Gasteiger partial charge < -0.3 is 14.8 Å². The van der Waals surface area contributed by atoms with E-state index in [-0.39, 0.29) is 30.6 Å². The quantitative estimate of drug-likeness (QED) is 0.890. The molecule has 3 rings (SSSR count). The van der Waals surface area contributed by atoms with Gasteiger partial charge in [-0.1, -0.05) is 0 Å². The van der Waals surface area contributed by atoms with E-state index in [0.29, 0.717) is 11.5 Å². The van der Waals surface area contributed by atoms with E-state index >= 15 is 0 Å². The Hall–Kier alpha value is -1.34. The first-order valence-corrected chi connectivity index (χ1v) is 6.73. The van der Waals surface area contributed by atoms with Crippen LogP contribution in [-0.4, -0.2) is 51.3 Å². The Morgan fingerprint density at radius 1 is 1.27 bits per heavy atom. The average molecular weight is 347 g/mol. The summed E-state index contributed by atoms with van der Waals surface area (Å²) in [5, 5.41) is 10.3. The van der Waals surface area contributed by atoms with Gasteiger partial charge in [0.2, 0.25) is 0 Å². The predicted octanol–water partition coefficient (Wildman–Crippen LogP) is 2.16. The van der Waals surface area contributed by atoms with E-state index in [1.165, 1.54) is 0 Å². The highest BCUT2D eigenvalue weighted by molar-refractivity contribution is 5.85. The molecule has 0 spiro atoms. The van der Waals surface area contributed by atoms with Crippen LogP contribution in [0, 0.1) is 6.92 Å². The predicted molar refractivity (Wildman–Crippen MR) is 88.8 cm³/mol. The van der Waals surface area contributed by atoms with E-state index in [2.05, 4.69) is 19.9 Å². The summed E-state index contributed by atoms with van der Waals surface area (Å²) < 4.78 is 5.36. The summed E-state index contributed by atoms with van der Waals surface area (Å²) in [7, 11) is 0. The summed E-state index contributed by atoms with van der Waals surface area (Å²) in [6.45, 7) is 5.82. The molecule has 1 saturated heterocycles. The second-order valence-corrected chi connectivity index (χ2v) is 4.92. The minimum Gasteiger partial charge on any atom is -0.505 e. The van der Waals surface area contributed by atoms with Crippen molar-refractivity contribution >= 4 is 24.8 Å². The Kier molecular flexibility index (Phi) is 7.09. The van der Waals surface area contributed by atoms with Crippen LogP contribution >= 0.6 is 24.8 Å². The number of pyridine rings is 1. The summed E-state index contributed by atoms with van der Waals surface area (Å²) in [5.74, 6) is 0.877. The van der Waals surface area contributed by atoms with E-state index in [1.807, 2.05) is 6.20 Å². The van der Waals surface area contributed by atoms with Gasteiger partial charge in [-0.05, 0) is 12.5 Å². The molecule has 0 radical (unpaired) electrons. The molecule has 3 heterocycles. The van der Waals surface area contributed by atoms with Crippen LogP contribution in [0.4, 0.5) is 0 Å². The molecule has 2 aromatic heterocycles. The number of aromatic nitrogens is 3. The number of ether oxygens (including phenoxy) is 1. The van der Waals surface area contributed by atoms with Crippen LogP contribution in [0.25, 0.3) is 11.4 Å². The monoisotopic (exact) mass is 346 g/mol. The second kappa shape index (κ2) is 8.33. The van der Waals surface area contributed by atoms with Crippen LogP contribution in [0.5, 0.6) is 5.75 Å². The van der Waals surface area contributed by atoms with Crippen LogP contribution in [0.2, 0.25) is 0 Å². The first kappa shape index (κ1) is 18.7. The number of aromatic hydroxyl groups is 1. The molecule has 1 aliphatic heterocycles. The van der Waals surface area contributed by atoms with Crippen LogP contribution in [-0.2, 0) is 11.3 Å². The summed E-state index contributed by atoms with van der Waals surface area (Å²) >= 11 is 0. The Morgan fingerprint density at radius 3 is 2.64 bits per heavy atom. The summed E-state index contributed by atoms with van der Waals surface area (Å²) in [6, 6.07) is 0. The standard InChI is InChI=1S/C14H18N4O2.2ClH/c1-10-13(19)12(14-15-2-3-16-14)11(8-17-10)9-18-4-6-20-7-5-18;;/h2-3,8,19H,4-7,9H2,1H3,(H,15,16);2*1H. The lowest BCUT2D eigenvalue weighted by molar-refractivity contribution is 0.0342. The van der Waals surface area contributed by atoms with E-state index < -0.39 is 0 Å².